The molecule has 0 saturated heterocycles. The fourth-order valence-electron chi connectivity index (χ4n) is 6.74. The molecule has 5 atom stereocenters. The molecule has 0 bridgehead atoms. The van der Waals surface area contributed by atoms with Crippen LogP contribution in [-0.2, 0) is 26.2 Å². The third kappa shape index (κ3) is 3.63. The quantitative estimate of drug-likeness (QED) is 0.607. The number of aliphatic hydroxyl groups excluding tert-OH is 1. The summed E-state index contributed by atoms with van der Waals surface area (Å²) in [6.45, 7) is 5.43. The van der Waals surface area contributed by atoms with Crippen molar-refractivity contribution in [3.63, 3.8) is 0 Å². The second-order valence-corrected chi connectivity index (χ2v) is 9.83. The van der Waals surface area contributed by atoms with Gasteiger partial charge in [0.25, 0.3) is 5.91 Å². The summed E-state index contributed by atoms with van der Waals surface area (Å²) < 4.78 is 11.2. The van der Waals surface area contributed by atoms with Gasteiger partial charge in [-0.05, 0) is 60.8 Å². The van der Waals surface area contributed by atoms with E-state index in [1.54, 1.807) is 12.0 Å². The Morgan fingerprint density at radius 1 is 1.30 bits per heavy atom. The smallest absolute Gasteiger partial charge is 0.262 e. The third-order valence-corrected chi connectivity index (χ3v) is 7.76. The van der Waals surface area contributed by atoms with Crippen molar-refractivity contribution in [3.8, 4) is 6.07 Å². The molecule has 3 aliphatic rings. The minimum atomic E-state index is -1.12. The number of nitrogens with two attached hydrogens (primary N) is 1. The number of hydrogen-bond donors (Lipinski definition) is 2. The maximum Gasteiger partial charge on any atom is 0.262 e. The van der Waals surface area contributed by atoms with Gasteiger partial charge in [0.05, 0.1) is 31.0 Å². The highest BCUT2D eigenvalue weighted by Gasteiger charge is 2.68. The van der Waals surface area contributed by atoms with E-state index >= 15 is 0 Å². The minimum absolute atomic E-state index is 0.0330. The van der Waals surface area contributed by atoms with Gasteiger partial charge in [0, 0.05) is 25.7 Å². The molecule has 178 valence electrons. The SMILES string of the molecule is CO[C@H]1[C@H](C)C[C@@]2(Cc3ccc(C#N)cc3[C@]23N=C(N)N(CCCOCCO)C3=O)C[C@@H]1C. The van der Waals surface area contributed by atoms with Gasteiger partial charge in [-0.1, -0.05) is 19.9 Å². The van der Waals surface area contributed by atoms with Crippen LogP contribution in [-0.4, -0.2) is 61.5 Å². The normalized spacial score (nSPS) is 32.9. The predicted molar refractivity (Wildman–Crippen MR) is 123 cm³/mol. The Balaban J connectivity index is 1.75. The maximum absolute atomic E-state index is 14.2. The van der Waals surface area contributed by atoms with Crippen molar-refractivity contribution in [2.45, 2.75) is 51.2 Å². The number of ether oxygens (including phenoxy) is 2. The molecule has 1 aliphatic heterocycles. The van der Waals surface area contributed by atoms with E-state index in [9.17, 15) is 10.1 Å². The van der Waals surface area contributed by atoms with Gasteiger partial charge in [-0.25, -0.2) is 4.99 Å². The number of amides is 1. The summed E-state index contributed by atoms with van der Waals surface area (Å²) >= 11 is 0. The molecule has 0 unspecified atom stereocenters. The number of carbonyl (C=O) groups is 1. The summed E-state index contributed by atoms with van der Waals surface area (Å²) in [6, 6.07) is 7.86. The fourth-order valence-corrected chi connectivity index (χ4v) is 6.74. The molecular weight excluding hydrogens is 420 g/mol. The lowest BCUT2D eigenvalue weighted by Gasteiger charge is -2.50. The van der Waals surface area contributed by atoms with E-state index in [0.717, 1.165) is 30.4 Å². The molecule has 2 spiro atoms. The first-order chi connectivity index (χ1) is 15.8. The van der Waals surface area contributed by atoms with Gasteiger partial charge in [0.1, 0.15) is 0 Å². The molecule has 4 rings (SSSR count). The summed E-state index contributed by atoms with van der Waals surface area (Å²) in [7, 11) is 1.76. The molecule has 1 aromatic carbocycles. The van der Waals surface area contributed by atoms with Crippen LogP contribution in [0.5, 0.6) is 0 Å². The van der Waals surface area contributed by atoms with E-state index in [1.807, 2.05) is 18.2 Å². The Morgan fingerprint density at radius 2 is 2.03 bits per heavy atom. The first-order valence-corrected chi connectivity index (χ1v) is 11.8. The number of fused-ring (bicyclic) bond motifs is 3. The monoisotopic (exact) mass is 454 g/mol. The van der Waals surface area contributed by atoms with Gasteiger partial charge < -0.3 is 20.3 Å². The predicted octanol–water partition coefficient (Wildman–Crippen LogP) is 1.93. The lowest BCUT2D eigenvalue weighted by atomic mass is 9.56. The van der Waals surface area contributed by atoms with Crippen molar-refractivity contribution in [2.24, 2.45) is 28.0 Å². The number of benzene rings is 1. The Labute approximate surface area is 195 Å². The van der Waals surface area contributed by atoms with Gasteiger partial charge in [-0.15, -0.1) is 0 Å². The first kappa shape index (κ1) is 23.7. The van der Waals surface area contributed by atoms with Crippen molar-refractivity contribution in [1.82, 2.24) is 4.90 Å². The Hall–Kier alpha value is -2.47. The Bertz CT molecular complexity index is 975. The summed E-state index contributed by atoms with van der Waals surface area (Å²) in [5.74, 6) is 0.633. The average Bonchev–Trinajstić information content (AvgIpc) is 3.19. The van der Waals surface area contributed by atoms with E-state index in [4.69, 9.17) is 25.3 Å². The summed E-state index contributed by atoms with van der Waals surface area (Å²) in [5, 5.41) is 18.5. The molecule has 33 heavy (non-hydrogen) atoms. The molecule has 0 radical (unpaired) electrons. The second kappa shape index (κ2) is 9.05. The van der Waals surface area contributed by atoms with Gasteiger partial charge in [0.15, 0.2) is 11.5 Å². The highest BCUT2D eigenvalue weighted by molar-refractivity contribution is 6.08. The van der Waals surface area contributed by atoms with E-state index in [0.29, 0.717) is 25.1 Å². The first-order valence-electron chi connectivity index (χ1n) is 11.8. The molecule has 1 fully saturated rings. The average molecular weight is 455 g/mol. The van der Waals surface area contributed by atoms with Crippen molar-refractivity contribution in [2.75, 3.05) is 33.5 Å². The number of aliphatic hydroxyl groups is 1. The number of rotatable bonds is 7. The summed E-state index contributed by atoms with van der Waals surface area (Å²) in [5.41, 5.74) is 7.27. The Morgan fingerprint density at radius 3 is 2.67 bits per heavy atom. The summed E-state index contributed by atoms with van der Waals surface area (Å²) in [4.78, 5) is 20.7. The van der Waals surface area contributed by atoms with Crippen LogP contribution in [0.4, 0.5) is 0 Å². The topological polar surface area (TPSA) is 121 Å². The molecule has 1 amide bonds. The molecule has 8 nitrogen and oxygen atoms in total. The Kier molecular flexibility index (Phi) is 6.50. The fraction of sp³-hybridized carbons (Fsp3) is 0.640. The maximum atomic E-state index is 14.2. The largest absolute Gasteiger partial charge is 0.394 e. The zero-order valence-electron chi connectivity index (χ0n) is 19.7. The van der Waals surface area contributed by atoms with Crippen LogP contribution in [0.25, 0.3) is 0 Å². The highest BCUT2D eigenvalue weighted by atomic mass is 16.5. The number of carbonyl (C=O) groups excluding carboxylic acids is 1. The molecule has 0 aromatic heterocycles. The lowest BCUT2D eigenvalue weighted by Crippen LogP contribution is -2.55. The number of methoxy groups -OCH3 is 1. The number of hydrogen-bond acceptors (Lipinski definition) is 7. The van der Waals surface area contributed by atoms with Crippen LogP contribution in [0.3, 0.4) is 0 Å². The highest BCUT2D eigenvalue weighted by Crippen LogP contribution is 2.63. The zero-order chi connectivity index (χ0) is 23.8. The number of guanidine groups is 1. The van der Waals surface area contributed by atoms with Crippen molar-refractivity contribution in [1.29, 1.82) is 5.26 Å². The molecule has 2 aliphatic carbocycles. The van der Waals surface area contributed by atoms with Gasteiger partial charge in [-0.2, -0.15) is 5.26 Å². The van der Waals surface area contributed by atoms with E-state index in [-0.39, 0.29) is 43.0 Å². The van der Waals surface area contributed by atoms with E-state index in [1.165, 1.54) is 0 Å². The number of nitriles is 1. The van der Waals surface area contributed by atoms with Crippen LogP contribution in [0, 0.1) is 28.6 Å². The van der Waals surface area contributed by atoms with E-state index < -0.39 is 11.0 Å². The lowest BCUT2D eigenvalue weighted by molar-refractivity contribution is -0.142. The van der Waals surface area contributed by atoms with Gasteiger partial charge in [-0.3, -0.25) is 9.69 Å². The van der Waals surface area contributed by atoms with Crippen LogP contribution in [0.15, 0.2) is 23.2 Å². The minimum Gasteiger partial charge on any atom is -0.394 e. The van der Waals surface area contributed by atoms with E-state index in [2.05, 4.69) is 19.9 Å². The van der Waals surface area contributed by atoms with Crippen molar-refractivity contribution in [3.05, 3.63) is 34.9 Å². The standard InChI is InChI=1S/C25H34N4O4/c1-16-12-24(13-17(2)21(16)32-3)14-19-6-5-18(15-26)11-20(19)25(24)22(31)29(23(27)28-25)7-4-9-33-10-8-30/h5-6,11,16-17,21,30H,4,7-10,12-14H2,1-3H3,(H2,27,28)/t16-,17+,21+,24+,25-/m1/s1. The molecule has 1 heterocycles. The summed E-state index contributed by atoms with van der Waals surface area (Å²) in [6.07, 6.45) is 3.04. The number of aliphatic imine (C=N–C) groups is 1. The van der Waals surface area contributed by atoms with Crippen LogP contribution in [0.1, 0.15) is 49.8 Å². The van der Waals surface area contributed by atoms with Crippen LogP contribution < -0.4 is 5.73 Å². The van der Waals surface area contributed by atoms with Crippen molar-refractivity contribution < 1.29 is 19.4 Å². The zero-order valence-corrected chi connectivity index (χ0v) is 19.7. The van der Waals surface area contributed by atoms with Crippen molar-refractivity contribution >= 4 is 11.9 Å². The third-order valence-electron chi connectivity index (χ3n) is 7.76. The molecule has 3 N–H and O–H groups in total. The van der Waals surface area contributed by atoms with Crippen LogP contribution >= 0.6 is 0 Å². The molecule has 1 aromatic rings. The molecular formula is C25H34N4O4. The second-order valence-electron chi connectivity index (χ2n) is 9.83. The van der Waals surface area contributed by atoms with Crippen LogP contribution in [0.2, 0.25) is 0 Å². The number of nitrogens with zero attached hydrogens (tertiary/aromatic N) is 3. The van der Waals surface area contributed by atoms with Gasteiger partial charge >= 0.3 is 0 Å². The molecule has 1 saturated carbocycles. The molecule has 8 heteroatoms. The van der Waals surface area contributed by atoms with Gasteiger partial charge in [0.2, 0.25) is 0 Å².